The average molecular weight is 763 g/mol. The molecule has 0 saturated heterocycles. The van der Waals surface area contributed by atoms with Gasteiger partial charge in [0.25, 0.3) is 0 Å². The Bertz CT molecular complexity index is 1690. The van der Waals surface area contributed by atoms with Crippen molar-refractivity contribution in [2.45, 2.75) is 165 Å². The van der Waals surface area contributed by atoms with Crippen LogP contribution in [0.5, 0.6) is 0 Å². The number of carbonyl (C=O) groups excluding carboxylic acids is 3. The fourth-order valence-corrected chi connectivity index (χ4v) is 11.8. The SMILES string of the molecule is CC(=O)O[C@H]1C[C@@]2(C)[C@H](C[C@@H](O)[C@@H]3[C@@]4(C)CC[C@@H](O)[C@@H](C)C4CC[C@@]32C)C1=C(CCC(=C(C)C)c1ccc(C(C)(C)C)cc1)C(=O)OCOC(=O)C(C)(C)C. The molecule has 0 spiro atoms. The number of allylic oxidation sites excluding steroid dienone is 2. The summed E-state index contributed by atoms with van der Waals surface area (Å²) in [7, 11) is 0. The van der Waals surface area contributed by atoms with E-state index in [4.69, 9.17) is 14.2 Å². The lowest BCUT2D eigenvalue weighted by atomic mass is 9.36. The smallest absolute Gasteiger partial charge is 0.336 e. The summed E-state index contributed by atoms with van der Waals surface area (Å²) in [4.78, 5) is 40.0. The number of carbonyl (C=O) groups is 3. The summed E-state index contributed by atoms with van der Waals surface area (Å²) in [5, 5.41) is 23.3. The van der Waals surface area contributed by atoms with E-state index in [2.05, 4.69) is 86.6 Å². The van der Waals surface area contributed by atoms with Crippen LogP contribution < -0.4 is 0 Å². The van der Waals surface area contributed by atoms with Gasteiger partial charge >= 0.3 is 17.9 Å². The number of aliphatic hydroxyl groups excluding tert-OH is 2. The molecule has 0 bridgehead atoms. The van der Waals surface area contributed by atoms with Crippen LogP contribution in [-0.2, 0) is 34.0 Å². The first kappa shape index (κ1) is 43.2. The molecule has 1 unspecified atom stereocenters. The molecule has 10 atom stereocenters. The third-order valence-electron chi connectivity index (χ3n) is 14.9. The van der Waals surface area contributed by atoms with Crippen LogP contribution in [0.1, 0.15) is 153 Å². The van der Waals surface area contributed by atoms with E-state index in [1.54, 1.807) is 20.8 Å². The van der Waals surface area contributed by atoms with Gasteiger partial charge in [0.15, 0.2) is 0 Å². The van der Waals surface area contributed by atoms with Crippen molar-refractivity contribution >= 4 is 23.5 Å². The van der Waals surface area contributed by atoms with Crippen LogP contribution in [-0.4, -0.2) is 53.2 Å². The summed E-state index contributed by atoms with van der Waals surface area (Å²) in [5.74, 6) is -1.32. The molecule has 4 fully saturated rings. The van der Waals surface area contributed by atoms with Gasteiger partial charge in [-0.05, 0) is 154 Å². The average Bonchev–Trinajstić information content (AvgIpc) is 3.34. The lowest BCUT2D eigenvalue weighted by Crippen LogP contribution is -2.65. The maximum atomic E-state index is 14.5. The molecular weight excluding hydrogens is 693 g/mol. The number of aliphatic hydroxyl groups is 2. The van der Waals surface area contributed by atoms with Gasteiger partial charge in [-0.1, -0.05) is 78.3 Å². The van der Waals surface area contributed by atoms with Crippen molar-refractivity contribution in [2.24, 2.45) is 45.3 Å². The highest BCUT2D eigenvalue weighted by Gasteiger charge is 2.71. The molecule has 306 valence electrons. The molecule has 0 aliphatic heterocycles. The maximum absolute atomic E-state index is 14.5. The molecule has 4 aliphatic rings. The van der Waals surface area contributed by atoms with Crippen LogP contribution in [0, 0.1) is 45.3 Å². The second kappa shape index (κ2) is 15.4. The van der Waals surface area contributed by atoms with Crippen molar-refractivity contribution < 1.29 is 38.8 Å². The van der Waals surface area contributed by atoms with Gasteiger partial charge in [-0.3, -0.25) is 9.59 Å². The Hall–Kier alpha value is -2.97. The summed E-state index contributed by atoms with van der Waals surface area (Å²) in [6.07, 6.45) is 3.55. The number of ether oxygens (including phenoxy) is 3. The van der Waals surface area contributed by atoms with E-state index < -0.39 is 47.7 Å². The van der Waals surface area contributed by atoms with Crippen LogP contribution in [0.25, 0.3) is 5.57 Å². The number of benzene rings is 1. The second-order valence-electron chi connectivity index (χ2n) is 20.6. The van der Waals surface area contributed by atoms with E-state index in [-0.39, 0.29) is 40.1 Å². The monoisotopic (exact) mass is 763 g/mol. The Morgan fingerprint density at radius 3 is 2.04 bits per heavy atom. The number of hydrogen-bond acceptors (Lipinski definition) is 8. The van der Waals surface area contributed by atoms with Crippen molar-refractivity contribution in [3.8, 4) is 0 Å². The zero-order valence-corrected chi connectivity index (χ0v) is 36.1. The predicted molar refractivity (Wildman–Crippen MR) is 215 cm³/mol. The highest BCUT2D eigenvalue weighted by Crippen LogP contribution is 2.74. The molecule has 1 aromatic rings. The van der Waals surface area contributed by atoms with Crippen LogP contribution in [0.2, 0.25) is 0 Å². The van der Waals surface area contributed by atoms with Gasteiger partial charge in [-0.25, -0.2) is 4.79 Å². The summed E-state index contributed by atoms with van der Waals surface area (Å²) < 4.78 is 17.4. The molecule has 2 N–H and O–H groups in total. The molecular formula is C47H70O8. The Balaban J connectivity index is 1.60. The van der Waals surface area contributed by atoms with E-state index >= 15 is 0 Å². The molecule has 55 heavy (non-hydrogen) atoms. The topological polar surface area (TPSA) is 119 Å². The normalized spacial score (nSPS) is 35.4. The van der Waals surface area contributed by atoms with E-state index in [0.717, 1.165) is 48.0 Å². The standard InChI is InChI=1S/C47H70O8/c1-27(2)32(30-14-16-31(17-15-30)43(5,6)7)18-19-33(41(51)53-26-54-42(52)44(8,9)10)39-35-24-37(50)40-45(11)22-21-36(49)28(3)34(45)20-23-46(40,12)47(35,13)25-38(39)55-29(4)48/h14-17,28,34-38,40,49-50H,18-26H2,1-13H3/t28-,34?,35+,36+,37+,38-,40+,45-,46-,47-/m0/s1. The molecule has 0 heterocycles. The Kier molecular flexibility index (Phi) is 12.1. The summed E-state index contributed by atoms with van der Waals surface area (Å²) in [6, 6.07) is 8.62. The summed E-state index contributed by atoms with van der Waals surface area (Å²) in [5.41, 5.74) is 4.07. The van der Waals surface area contributed by atoms with Gasteiger partial charge in [-0.2, -0.15) is 0 Å². The zero-order valence-electron chi connectivity index (χ0n) is 36.1. The molecule has 0 aromatic heterocycles. The lowest BCUT2D eigenvalue weighted by molar-refractivity contribution is -0.234. The minimum atomic E-state index is -0.768. The molecule has 0 radical (unpaired) electrons. The highest BCUT2D eigenvalue weighted by molar-refractivity contribution is 5.90. The van der Waals surface area contributed by atoms with Gasteiger partial charge in [0.2, 0.25) is 6.79 Å². The Morgan fingerprint density at radius 2 is 1.47 bits per heavy atom. The van der Waals surface area contributed by atoms with Crippen molar-refractivity contribution in [1.29, 1.82) is 0 Å². The molecule has 8 heteroatoms. The quantitative estimate of drug-likeness (QED) is 0.153. The maximum Gasteiger partial charge on any atom is 0.336 e. The van der Waals surface area contributed by atoms with Crippen LogP contribution in [0.4, 0.5) is 0 Å². The van der Waals surface area contributed by atoms with Gasteiger partial charge in [0.05, 0.1) is 17.6 Å². The number of rotatable bonds is 8. The third-order valence-corrected chi connectivity index (χ3v) is 14.9. The van der Waals surface area contributed by atoms with E-state index in [9.17, 15) is 24.6 Å². The zero-order chi connectivity index (χ0) is 41.1. The minimum absolute atomic E-state index is 0.00959. The van der Waals surface area contributed by atoms with Crippen LogP contribution >= 0.6 is 0 Å². The van der Waals surface area contributed by atoms with E-state index in [1.807, 2.05) is 0 Å². The van der Waals surface area contributed by atoms with Gasteiger partial charge in [0, 0.05) is 12.5 Å². The fraction of sp³-hybridized carbons (Fsp3) is 0.723. The molecule has 4 saturated carbocycles. The van der Waals surface area contributed by atoms with Crippen LogP contribution in [0.3, 0.4) is 0 Å². The Morgan fingerprint density at radius 1 is 0.836 bits per heavy atom. The Labute approximate surface area is 330 Å². The van der Waals surface area contributed by atoms with Crippen molar-refractivity contribution in [3.63, 3.8) is 0 Å². The summed E-state index contributed by atoms with van der Waals surface area (Å²) in [6.45, 7) is 26.0. The number of esters is 3. The first-order valence-electron chi connectivity index (χ1n) is 20.7. The van der Waals surface area contributed by atoms with Crippen molar-refractivity contribution in [3.05, 3.63) is 52.1 Å². The molecule has 0 amide bonds. The fourth-order valence-electron chi connectivity index (χ4n) is 11.8. The van der Waals surface area contributed by atoms with Gasteiger partial charge < -0.3 is 24.4 Å². The van der Waals surface area contributed by atoms with Gasteiger partial charge in [-0.15, -0.1) is 0 Å². The van der Waals surface area contributed by atoms with Gasteiger partial charge in [0.1, 0.15) is 6.10 Å². The third kappa shape index (κ3) is 7.97. The minimum Gasteiger partial charge on any atom is -0.458 e. The molecule has 4 aliphatic carbocycles. The number of fused-ring (bicyclic) bond motifs is 5. The first-order chi connectivity index (χ1) is 25.4. The largest absolute Gasteiger partial charge is 0.458 e. The molecule has 8 nitrogen and oxygen atoms in total. The van der Waals surface area contributed by atoms with Crippen LogP contribution in [0.15, 0.2) is 41.0 Å². The van der Waals surface area contributed by atoms with E-state index in [0.29, 0.717) is 37.2 Å². The second-order valence-corrected chi connectivity index (χ2v) is 20.6. The highest BCUT2D eigenvalue weighted by atomic mass is 16.7. The van der Waals surface area contributed by atoms with E-state index in [1.165, 1.54) is 12.5 Å². The summed E-state index contributed by atoms with van der Waals surface area (Å²) >= 11 is 0. The predicted octanol–water partition coefficient (Wildman–Crippen LogP) is 9.50. The number of hydrogen-bond donors (Lipinski definition) is 2. The van der Waals surface area contributed by atoms with Crippen molar-refractivity contribution in [1.82, 2.24) is 0 Å². The first-order valence-corrected chi connectivity index (χ1v) is 20.7. The molecule has 1 aromatic carbocycles. The lowest BCUT2D eigenvalue weighted by Gasteiger charge is -2.69. The van der Waals surface area contributed by atoms with Crippen molar-refractivity contribution in [2.75, 3.05) is 6.79 Å². The molecule has 5 rings (SSSR count).